The smallest absolute Gasteiger partial charge is 0.303 e. The van der Waals surface area contributed by atoms with E-state index in [1.165, 1.54) is 6.07 Å². The third-order valence-electron chi connectivity index (χ3n) is 6.34. The summed E-state index contributed by atoms with van der Waals surface area (Å²) in [6.45, 7) is 4.24. The molecule has 0 aliphatic carbocycles. The van der Waals surface area contributed by atoms with Gasteiger partial charge in [0.2, 0.25) is 6.29 Å². The number of benzene rings is 2. The molecule has 1 saturated heterocycles. The summed E-state index contributed by atoms with van der Waals surface area (Å²) in [5, 5.41) is 0.832. The molecular formula is C29H31N3O6S. The molecule has 0 radical (unpaired) electrons. The minimum atomic E-state index is -4.20. The van der Waals surface area contributed by atoms with Crippen LogP contribution in [-0.2, 0) is 19.0 Å². The zero-order chi connectivity index (χ0) is 27.4. The summed E-state index contributed by atoms with van der Waals surface area (Å²) in [7, 11) is -4.20. The molecule has 2 aromatic carbocycles. The van der Waals surface area contributed by atoms with Gasteiger partial charge in [-0.1, -0.05) is 19.1 Å². The second-order valence-corrected chi connectivity index (χ2v) is 10.9. The standard InChI is InChI=1S/C29H31N3O6S/c1-3-28(38-39(33,34)26-13-7-19(2)16-25(26)37-29-6-4-5-15-35-29)36-22-10-12-23-20(17-22)8-11-24(32-23)21-9-14-27(30)31-18-21/h7-14,16-18,28-29H,3-6,15H2,1-2H3,(H2,30,31). The zero-order valence-electron chi connectivity index (χ0n) is 21.9. The number of hydrogen-bond acceptors (Lipinski definition) is 9. The highest BCUT2D eigenvalue weighted by Crippen LogP contribution is 2.31. The Balaban J connectivity index is 1.33. The van der Waals surface area contributed by atoms with Crippen molar-refractivity contribution in [2.24, 2.45) is 0 Å². The maximum atomic E-state index is 13.3. The van der Waals surface area contributed by atoms with Crippen LogP contribution in [-0.4, -0.2) is 37.6 Å². The highest BCUT2D eigenvalue weighted by atomic mass is 32.2. The van der Waals surface area contributed by atoms with Crippen molar-refractivity contribution in [3.8, 4) is 22.8 Å². The van der Waals surface area contributed by atoms with Crippen molar-refractivity contribution >= 4 is 26.8 Å². The number of nitrogens with zero attached hydrogens (tertiary/aromatic N) is 2. The molecule has 0 bridgehead atoms. The van der Waals surface area contributed by atoms with E-state index in [1.54, 1.807) is 43.5 Å². The summed E-state index contributed by atoms with van der Waals surface area (Å²) in [5.41, 5.74) is 8.92. The first kappa shape index (κ1) is 26.9. The first-order chi connectivity index (χ1) is 18.8. The third-order valence-corrected chi connectivity index (χ3v) is 7.69. The lowest BCUT2D eigenvalue weighted by atomic mass is 10.1. The molecule has 2 N–H and O–H groups in total. The molecule has 10 heteroatoms. The fraction of sp³-hybridized carbons (Fsp3) is 0.310. The fourth-order valence-electron chi connectivity index (χ4n) is 4.27. The first-order valence-corrected chi connectivity index (χ1v) is 14.3. The van der Waals surface area contributed by atoms with Crippen LogP contribution in [0.2, 0.25) is 0 Å². The van der Waals surface area contributed by atoms with Crippen LogP contribution in [0.4, 0.5) is 5.82 Å². The quantitative estimate of drug-likeness (QED) is 0.209. The molecule has 0 amide bonds. The molecule has 1 fully saturated rings. The van der Waals surface area contributed by atoms with E-state index in [0.717, 1.165) is 40.6 Å². The molecule has 39 heavy (non-hydrogen) atoms. The molecular weight excluding hydrogens is 518 g/mol. The predicted molar refractivity (Wildman–Crippen MR) is 148 cm³/mol. The van der Waals surface area contributed by atoms with Crippen LogP contribution in [0.15, 0.2) is 71.8 Å². The van der Waals surface area contributed by atoms with Gasteiger partial charge in [0.05, 0.1) is 17.8 Å². The molecule has 2 aromatic heterocycles. The molecule has 2 unspecified atom stereocenters. The predicted octanol–water partition coefficient (Wildman–Crippen LogP) is 5.61. The molecule has 9 nitrogen and oxygen atoms in total. The third kappa shape index (κ3) is 6.47. The van der Waals surface area contributed by atoms with Gasteiger partial charge in [-0.15, -0.1) is 0 Å². The van der Waals surface area contributed by atoms with Gasteiger partial charge < -0.3 is 19.9 Å². The number of rotatable bonds is 9. The highest BCUT2D eigenvalue weighted by molar-refractivity contribution is 7.86. The van der Waals surface area contributed by atoms with Gasteiger partial charge in [0.25, 0.3) is 0 Å². The second kappa shape index (κ2) is 11.6. The lowest BCUT2D eigenvalue weighted by Gasteiger charge is -2.25. The van der Waals surface area contributed by atoms with Crippen molar-refractivity contribution in [3.05, 3.63) is 72.4 Å². The summed E-state index contributed by atoms with van der Waals surface area (Å²) in [6, 6.07) is 17.6. The van der Waals surface area contributed by atoms with E-state index in [0.29, 0.717) is 31.0 Å². The number of aryl methyl sites for hydroxylation is 1. The van der Waals surface area contributed by atoms with Crippen molar-refractivity contribution in [3.63, 3.8) is 0 Å². The number of pyridine rings is 2. The Morgan fingerprint density at radius 2 is 1.95 bits per heavy atom. The van der Waals surface area contributed by atoms with E-state index >= 15 is 0 Å². The molecule has 204 valence electrons. The Hall–Kier alpha value is -3.73. The van der Waals surface area contributed by atoms with Crippen LogP contribution in [0.1, 0.15) is 38.2 Å². The minimum Gasteiger partial charge on any atom is -0.464 e. The Morgan fingerprint density at radius 3 is 2.69 bits per heavy atom. The summed E-state index contributed by atoms with van der Waals surface area (Å²) in [4.78, 5) is 8.76. The normalized spacial score (nSPS) is 16.6. The summed E-state index contributed by atoms with van der Waals surface area (Å²) in [6.07, 6.45) is 3.07. The monoisotopic (exact) mass is 549 g/mol. The van der Waals surface area contributed by atoms with E-state index in [1.807, 2.05) is 31.2 Å². The fourth-order valence-corrected chi connectivity index (χ4v) is 5.42. The molecule has 3 heterocycles. The Morgan fingerprint density at radius 1 is 1.08 bits per heavy atom. The average molecular weight is 550 g/mol. The zero-order valence-corrected chi connectivity index (χ0v) is 22.7. The topological polar surface area (TPSA) is 123 Å². The van der Waals surface area contributed by atoms with Gasteiger partial charge in [0.1, 0.15) is 22.2 Å². The van der Waals surface area contributed by atoms with Crippen molar-refractivity contribution < 1.29 is 26.8 Å². The van der Waals surface area contributed by atoms with Crippen LogP contribution in [0.5, 0.6) is 11.5 Å². The van der Waals surface area contributed by atoms with Gasteiger partial charge in [-0.2, -0.15) is 8.42 Å². The van der Waals surface area contributed by atoms with Crippen LogP contribution in [0.3, 0.4) is 0 Å². The molecule has 0 spiro atoms. The number of fused-ring (bicyclic) bond motifs is 1. The first-order valence-electron chi connectivity index (χ1n) is 12.9. The van der Waals surface area contributed by atoms with Gasteiger partial charge in [0.15, 0.2) is 6.29 Å². The maximum absolute atomic E-state index is 13.3. The van der Waals surface area contributed by atoms with E-state index in [9.17, 15) is 8.42 Å². The van der Waals surface area contributed by atoms with Crippen LogP contribution in [0, 0.1) is 6.92 Å². The molecule has 0 saturated carbocycles. The average Bonchev–Trinajstić information content (AvgIpc) is 2.93. The molecule has 2 atom stereocenters. The molecule has 1 aliphatic heterocycles. The second-order valence-electron chi connectivity index (χ2n) is 9.39. The lowest BCUT2D eigenvalue weighted by molar-refractivity contribution is -0.107. The summed E-state index contributed by atoms with van der Waals surface area (Å²) < 4.78 is 49.7. The van der Waals surface area contributed by atoms with Gasteiger partial charge in [-0.25, -0.2) is 14.2 Å². The van der Waals surface area contributed by atoms with E-state index in [-0.39, 0.29) is 10.6 Å². The molecule has 5 rings (SSSR count). The number of ether oxygens (including phenoxy) is 3. The van der Waals surface area contributed by atoms with E-state index in [4.69, 9.17) is 29.1 Å². The maximum Gasteiger partial charge on any atom is 0.303 e. The van der Waals surface area contributed by atoms with Crippen molar-refractivity contribution in [1.82, 2.24) is 9.97 Å². The van der Waals surface area contributed by atoms with Crippen LogP contribution < -0.4 is 15.2 Å². The van der Waals surface area contributed by atoms with E-state index < -0.39 is 22.7 Å². The Bertz CT molecular complexity index is 1550. The largest absolute Gasteiger partial charge is 0.464 e. The highest BCUT2D eigenvalue weighted by Gasteiger charge is 2.28. The number of aromatic nitrogens is 2. The molecule has 4 aromatic rings. The Labute approximate surface area is 228 Å². The van der Waals surface area contributed by atoms with Gasteiger partial charge in [-0.05, 0) is 73.9 Å². The van der Waals surface area contributed by atoms with Crippen LogP contribution >= 0.6 is 0 Å². The number of hydrogen-bond donors (Lipinski definition) is 1. The lowest BCUT2D eigenvalue weighted by Crippen LogP contribution is -2.27. The Kier molecular flexibility index (Phi) is 7.97. The van der Waals surface area contributed by atoms with Crippen LogP contribution in [0.25, 0.3) is 22.2 Å². The SMILES string of the molecule is CCC(Oc1ccc2nc(-c3ccc(N)nc3)ccc2c1)OS(=O)(=O)c1ccc(C)cc1OC1CCCCO1. The van der Waals surface area contributed by atoms with Gasteiger partial charge in [-0.3, -0.25) is 0 Å². The van der Waals surface area contributed by atoms with Gasteiger partial charge >= 0.3 is 10.1 Å². The van der Waals surface area contributed by atoms with E-state index in [2.05, 4.69) is 4.98 Å². The summed E-state index contributed by atoms with van der Waals surface area (Å²) in [5.74, 6) is 1.12. The van der Waals surface area contributed by atoms with Crippen molar-refractivity contribution in [1.29, 1.82) is 0 Å². The van der Waals surface area contributed by atoms with Crippen molar-refractivity contribution in [2.45, 2.75) is 57.0 Å². The number of anilines is 1. The minimum absolute atomic E-state index is 0.0586. The summed E-state index contributed by atoms with van der Waals surface area (Å²) >= 11 is 0. The van der Waals surface area contributed by atoms with Crippen molar-refractivity contribution in [2.75, 3.05) is 12.3 Å². The van der Waals surface area contributed by atoms with Gasteiger partial charge in [0, 0.05) is 30.0 Å². The molecule has 1 aliphatic rings. The number of nitrogen functional groups attached to an aromatic ring is 1. The number of nitrogens with two attached hydrogens (primary N) is 1.